The lowest BCUT2D eigenvalue weighted by Crippen LogP contribution is -2.35. The number of imidazole rings is 1. The van der Waals surface area contributed by atoms with Crippen LogP contribution in [-0.4, -0.2) is 68.3 Å². The Labute approximate surface area is 190 Å². The summed E-state index contributed by atoms with van der Waals surface area (Å²) in [4.78, 5) is 35.4. The summed E-state index contributed by atoms with van der Waals surface area (Å²) in [7, 11) is 0. The molecule has 3 N–H and O–H groups in total. The number of para-hydroxylation sites is 1. The Morgan fingerprint density at radius 2 is 2.18 bits per heavy atom. The van der Waals surface area contributed by atoms with Gasteiger partial charge in [-0.2, -0.15) is 0 Å². The van der Waals surface area contributed by atoms with E-state index in [1.54, 1.807) is 18.7 Å². The van der Waals surface area contributed by atoms with Gasteiger partial charge in [0.25, 0.3) is 5.91 Å². The number of carbonyl (C=O) groups excluding carboxylic acids is 1. The van der Waals surface area contributed by atoms with E-state index in [2.05, 4.69) is 35.1 Å². The maximum atomic E-state index is 12.6. The molecule has 0 spiro atoms. The first kappa shape index (κ1) is 21.1. The van der Waals surface area contributed by atoms with Crippen LogP contribution in [-0.2, 0) is 0 Å². The number of aliphatic hydroxyl groups is 1. The number of fused-ring (bicyclic) bond motifs is 2. The van der Waals surface area contributed by atoms with Crippen LogP contribution in [0.1, 0.15) is 29.8 Å². The second kappa shape index (κ2) is 9.37. The van der Waals surface area contributed by atoms with Crippen LogP contribution in [0.5, 0.6) is 5.75 Å². The second-order valence-corrected chi connectivity index (χ2v) is 7.95. The molecule has 1 aliphatic rings. The first-order valence-electron chi connectivity index (χ1n) is 11.1. The van der Waals surface area contributed by atoms with Crippen LogP contribution in [0.15, 0.2) is 43.0 Å². The number of ether oxygens (including phenoxy) is 1. The quantitative estimate of drug-likeness (QED) is 0.350. The van der Waals surface area contributed by atoms with Gasteiger partial charge in [0.2, 0.25) is 0 Å². The smallest absolute Gasteiger partial charge is 0.270 e. The third-order valence-electron chi connectivity index (χ3n) is 5.81. The maximum absolute atomic E-state index is 12.6. The number of nitrogens with one attached hydrogen (secondary N) is 2. The number of rotatable bonds is 8. The summed E-state index contributed by atoms with van der Waals surface area (Å²) in [6.45, 7) is 1.71. The zero-order valence-corrected chi connectivity index (χ0v) is 18.1. The molecule has 1 amide bonds. The molecule has 5 rings (SSSR count). The predicted molar refractivity (Wildman–Crippen MR) is 123 cm³/mol. The molecule has 0 saturated carbocycles. The molecule has 1 fully saturated rings. The van der Waals surface area contributed by atoms with Crippen LogP contribution in [0, 0.1) is 0 Å². The SMILES string of the molecule is O=C(NCCCO)c1cc(OC[C@H]2CCCN2c2ncnc3[nH]cnc23)c2ccccc2n1. The van der Waals surface area contributed by atoms with Crippen molar-refractivity contribution in [2.45, 2.75) is 25.3 Å². The molecule has 1 atom stereocenters. The number of aromatic amines is 1. The Balaban J connectivity index is 1.38. The van der Waals surface area contributed by atoms with Gasteiger partial charge in [0, 0.05) is 31.1 Å². The van der Waals surface area contributed by atoms with Gasteiger partial charge in [0.15, 0.2) is 11.5 Å². The number of H-pyrrole nitrogens is 1. The molecule has 33 heavy (non-hydrogen) atoms. The van der Waals surface area contributed by atoms with Crippen molar-refractivity contribution in [3.8, 4) is 5.75 Å². The molecule has 1 aliphatic heterocycles. The number of anilines is 1. The summed E-state index contributed by atoms with van der Waals surface area (Å²) < 4.78 is 6.29. The molecule has 0 bridgehead atoms. The van der Waals surface area contributed by atoms with Crippen LogP contribution in [0.25, 0.3) is 22.1 Å². The predicted octanol–water partition coefficient (Wildman–Crippen LogP) is 2.06. The lowest BCUT2D eigenvalue weighted by Gasteiger charge is -2.26. The highest BCUT2D eigenvalue weighted by atomic mass is 16.5. The lowest BCUT2D eigenvalue weighted by atomic mass is 10.1. The largest absolute Gasteiger partial charge is 0.491 e. The first-order chi connectivity index (χ1) is 16.2. The van der Waals surface area contributed by atoms with E-state index in [1.165, 1.54) is 0 Å². The molecule has 170 valence electrons. The second-order valence-electron chi connectivity index (χ2n) is 7.95. The number of nitrogens with zero attached hydrogens (tertiary/aromatic N) is 5. The molecule has 0 radical (unpaired) electrons. The van der Waals surface area contributed by atoms with E-state index in [0.717, 1.165) is 36.1 Å². The van der Waals surface area contributed by atoms with Gasteiger partial charge >= 0.3 is 0 Å². The van der Waals surface area contributed by atoms with Gasteiger partial charge in [-0.3, -0.25) is 4.79 Å². The number of carbonyl (C=O) groups is 1. The van der Waals surface area contributed by atoms with Crippen molar-refractivity contribution in [2.75, 3.05) is 31.2 Å². The Morgan fingerprint density at radius 3 is 3.09 bits per heavy atom. The van der Waals surface area contributed by atoms with E-state index in [4.69, 9.17) is 9.84 Å². The van der Waals surface area contributed by atoms with Crippen LogP contribution in [0.2, 0.25) is 0 Å². The average molecular weight is 447 g/mol. The van der Waals surface area contributed by atoms with Crippen LogP contribution < -0.4 is 15.0 Å². The maximum Gasteiger partial charge on any atom is 0.270 e. The fourth-order valence-corrected chi connectivity index (χ4v) is 4.19. The molecule has 4 aromatic rings. The van der Waals surface area contributed by atoms with Crippen molar-refractivity contribution in [1.29, 1.82) is 0 Å². The summed E-state index contributed by atoms with van der Waals surface area (Å²) in [5.74, 6) is 1.13. The Hall–Kier alpha value is -3.79. The zero-order valence-electron chi connectivity index (χ0n) is 18.1. The molecule has 0 aliphatic carbocycles. The monoisotopic (exact) mass is 447 g/mol. The number of benzene rings is 1. The van der Waals surface area contributed by atoms with E-state index in [1.807, 2.05) is 24.3 Å². The van der Waals surface area contributed by atoms with Gasteiger partial charge in [-0.05, 0) is 31.4 Å². The number of aliphatic hydroxyl groups excluding tert-OH is 1. The molecule has 10 heteroatoms. The molecular weight excluding hydrogens is 422 g/mol. The van der Waals surface area contributed by atoms with Crippen molar-refractivity contribution < 1.29 is 14.6 Å². The molecule has 0 unspecified atom stereocenters. The van der Waals surface area contributed by atoms with Gasteiger partial charge < -0.3 is 25.0 Å². The topological polar surface area (TPSA) is 129 Å². The summed E-state index contributed by atoms with van der Waals surface area (Å²) in [5, 5.41) is 12.6. The van der Waals surface area contributed by atoms with E-state index >= 15 is 0 Å². The first-order valence-corrected chi connectivity index (χ1v) is 11.1. The highest BCUT2D eigenvalue weighted by Crippen LogP contribution is 2.30. The van der Waals surface area contributed by atoms with Crippen molar-refractivity contribution in [3.05, 3.63) is 48.7 Å². The van der Waals surface area contributed by atoms with Gasteiger partial charge in [-0.25, -0.2) is 19.9 Å². The van der Waals surface area contributed by atoms with Gasteiger partial charge in [0.1, 0.15) is 29.9 Å². The number of hydrogen-bond donors (Lipinski definition) is 3. The summed E-state index contributed by atoms with van der Waals surface area (Å²) in [6, 6.07) is 9.42. The Morgan fingerprint density at radius 1 is 1.27 bits per heavy atom. The third-order valence-corrected chi connectivity index (χ3v) is 5.81. The third kappa shape index (κ3) is 4.29. The van der Waals surface area contributed by atoms with E-state index in [9.17, 15) is 4.79 Å². The van der Waals surface area contributed by atoms with E-state index in [0.29, 0.717) is 42.2 Å². The molecule has 4 heterocycles. The fourth-order valence-electron chi connectivity index (χ4n) is 4.19. The Kier molecular flexibility index (Phi) is 5.99. The van der Waals surface area contributed by atoms with Crippen molar-refractivity contribution in [3.63, 3.8) is 0 Å². The number of aromatic nitrogens is 5. The minimum absolute atomic E-state index is 0.0224. The fraction of sp³-hybridized carbons (Fsp3) is 0.348. The number of amides is 1. The minimum Gasteiger partial charge on any atom is -0.491 e. The summed E-state index contributed by atoms with van der Waals surface area (Å²) in [5.41, 5.74) is 2.45. The number of pyridine rings is 1. The molecule has 10 nitrogen and oxygen atoms in total. The number of hydrogen-bond acceptors (Lipinski definition) is 8. The standard InChI is InChI=1S/C23H25N7O3/c31-10-4-8-24-23(32)18-11-19(16-6-1-2-7-17(16)29-18)33-12-15-5-3-9-30(15)22-20-21(26-13-25-20)27-14-28-22/h1-2,6-7,11,13-15,31H,3-5,8-10,12H2,(H,24,32)(H,25,26,27,28)/t15-/m1/s1. The average Bonchev–Trinajstić information content (AvgIpc) is 3.52. The van der Waals surface area contributed by atoms with E-state index < -0.39 is 0 Å². The molecule has 1 aromatic carbocycles. The van der Waals surface area contributed by atoms with Gasteiger partial charge in [0.05, 0.1) is 17.9 Å². The zero-order chi connectivity index (χ0) is 22.6. The highest BCUT2D eigenvalue weighted by molar-refractivity contribution is 5.97. The minimum atomic E-state index is -0.288. The summed E-state index contributed by atoms with van der Waals surface area (Å²) in [6.07, 6.45) is 5.66. The Bertz CT molecular complexity index is 1280. The van der Waals surface area contributed by atoms with Gasteiger partial charge in [-0.1, -0.05) is 12.1 Å². The lowest BCUT2D eigenvalue weighted by molar-refractivity contribution is 0.0946. The molecule has 3 aromatic heterocycles. The van der Waals surface area contributed by atoms with Crippen molar-refractivity contribution >= 4 is 33.8 Å². The highest BCUT2D eigenvalue weighted by Gasteiger charge is 2.29. The van der Waals surface area contributed by atoms with E-state index in [-0.39, 0.29) is 18.6 Å². The summed E-state index contributed by atoms with van der Waals surface area (Å²) >= 11 is 0. The van der Waals surface area contributed by atoms with Crippen LogP contribution in [0.4, 0.5) is 5.82 Å². The van der Waals surface area contributed by atoms with Crippen molar-refractivity contribution in [2.24, 2.45) is 0 Å². The molecular formula is C23H25N7O3. The van der Waals surface area contributed by atoms with Crippen molar-refractivity contribution in [1.82, 2.24) is 30.2 Å². The normalized spacial score (nSPS) is 15.9. The van der Waals surface area contributed by atoms with Gasteiger partial charge in [-0.15, -0.1) is 0 Å². The van der Waals surface area contributed by atoms with Crippen LogP contribution >= 0.6 is 0 Å². The van der Waals surface area contributed by atoms with Crippen LogP contribution in [0.3, 0.4) is 0 Å². The molecule has 1 saturated heterocycles.